The minimum absolute atomic E-state index is 0.261. The van der Waals surface area contributed by atoms with E-state index >= 15 is 0 Å². The lowest BCUT2D eigenvalue weighted by atomic mass is 10.00. The molecule has 0 aromatic carbocycles. The van der Waals surface area contributed by atoms with E-state index in [0.29, 0.717) is 42.1 Å². The summed E-state index contributed by atoms with van der Waals surface area (Å²) in [5.41, 5.74) is 3.94. The molecule has 10 heteroatoms. The maximum atomic E-state index is 13.1. The summed E-state index contributed by atoms with van der Waals surface area (Å²) in [5, 5.41) is 4.56. The van der Waals surface area contributed by atoms with Gasteiger partial charge < -0.3 is 4.90 Å². The predicted molar refractivity (Wildman–Crippen MR) is 116 cm³/mol. The van der Waals surface area contributed by atoms with Gasteiger partial charge in [0, 0.05) is 78.3 Å². The van der Waals surface area contributed by atoms with Crippen LogP contribution in [0.2, 0.25) is 0 Å². The SMILES string of the molecule is Cc1c(N2CCc3ncc(-c4cncc(C(F)(F)F)c4)cc3C2)nn2c(=O)ccnc2c1C. The first-order chi connectivity index (χ1) is 15.7. The van der Waals surface area contributed by atoms with Gasteiger partial charge in [0.2, 0.25) is 0 Å². The van der Waals surface area contributed by atoms with Crippen LogP contribution in [0, 0.1) is 13.8 Å². The van der Waals surface area contributed by atoms with Gasteiger partial charge in [0.25, 0.3) is 5.56 Å². The number of aryl methyl sites for hydroxylation is 1. The summed E-state index contributed by atoms with van der Waals surface area (Å²) in [7, 11) is 0. The highest BCUT2D eigenvalue weighted by molar-refractivity contribution is 5.65. The number of fused-ring (bicyclic) bond motifs is 2. The molecule has 7 nitrogen and oxygen atoms in total. The Morgan fingerprint density at radius 2 is 1.79 bits per heavy atom. The molecular formula is C23H19F3N6O. The summed E-state index contributed by atoms with van der Waals surface area (Å²) in [4.78, 5) is 26.9. The van der Waals surface area contributed by atoms with Crippen molar-refractivity contribution in [3.8, 4) is 11.1 Å². The van der Waals surface area contributed by atoms with Crippen LogP contribution >= 0.6 is 0 Å². The second kappa shape index (κ2) is 7.65. The number of aromatic nitrogens is 5. The Morgan fingerprint density at radius 3 is 2.58 bits per heavy atom. The molecule has 168 valence electrons. The first-order valence-corrected chi connectivity index (χ1v) is 10.3. The second-order valence-corrected chi connectivity index (χ2v) is 8.05. The number of halogens is 3. The van der Waals surface area contributed by atoms with E-state index in [1.807, 2.05) is 19.9 Å². The minimum Gasteiger partial charge on any atom is -0.350 e. The molecular weight excluding hydrogens is 433 g/mol. The smallest absolute Gasteiger partial charge is 0.350 e. The van der Waals surface area contributed by atoms with E-state index in [-0.39, 0.29) is 5.56 Å². The Balaban J connectivity index is 1.53. The van der Waals surface area contributed by atoms with Gasteiger partial charge in [-0.05, 0) is 31.5 Å². The fraction of sp³-hybridized carbons (Fsp3) is 0.261. The average molecular weight is 452 g/mol. The number of alkyl halides is 3. The maximum absolute atomic E-state index is 13.1. The van der Waals surface area contributed by atoms with Crippen molar-refractivity contribution in [1.29, 1.82) is 0 Å². The number of anilines is 1. The van der Waals surface area contributed by atoms with Gasteiger partial charge in [-0.15, -0.1) is 5.10 Å². The normalized spacial score (nSPS) is 13.9. The van der Waals surface area contributed by atoms with E-state index in [2.05, 4.69) is 25.0 Å². The molecule has 4 aromatic heterocycles. The highest BCUT2D eigenvalue weighted by atomic mass is 19.4. The van der Waals surface area contributed by atoms with Gasteiger partial charge in [-0.2, -0.15) is 17.7 Å². The van der Waals surface area contributed by atoms with E-state index in [0.717, 1.165) is 34.6 Å². The zero-order valence-electron chi connectivity index (χ0n) is 17.9. The molecule has 0 radical (unpaired) electrons. The fourth-order valence-corrected chi connectivity index (χ4v) is 4.08. The van der Waals surface area contributed by atoms with Gasteiger partial charge in [-0.25, -0.2) is 4.98 Å². The molecule has 0 atom stereocenters. The molecule has 1 aliphatic heterocycles. The Hall–Kier alpha value is -3.82. The molecule has 0 saturated heterocycles. The number of hydrogen-bond acceptors (Lipinski definition) is 6. The van der Waals surface area contributed by atoms with Gasteiger partial charge in [-0.1, -0.05) is 0 Å². The van der Waals surface area contributed by atoms with Crippen molar-refractivity contribution in [2.24, 2.45) is 0 Å². The molecule has 0 fully saturated rings. The van der Waals surface area contributed by atoms with E-state index in [4.69, 9.17) is 0 Å². The Bertz CT molecular complexity index is 1450. The van der Waals surface area contributed by atoms with Crippen molar-refractivity contribution >= 4 is 11.5 Å². The summed E-state index contributed by atoms with van der Waals surface area (Å²) < 4.78 is 40.6. The van der Waals surface area contributed by atoms with Crippen LogP contribution in [0.25, 0.3) is 16.8 Å². The lowest BCUT2D eigenvalue weighted by Crippen LogP contribution is -2.33. The van der Waals surface area contributed by atoms with Crippen LogP contribution in [-0.2, 0) is 19.1 Å². The van der Waals surface area contributed by atoms with Crippen LogP contribution in [-0.4, -0.2) is 31.1 Å². The highest BCUT2D eigenvalue weighted by Crippen LogP contribution is 2.33. The quantitative estimate of drug-likeness (QED) is 0.461. The molecule has 0 aliphatic carbocycles. The first-order valence-electron chi connectivity index (χ1n) is 10.3. The van der Waals surface area contributed by atoms with Gasteiger partial charge in [0.05, 0.1) is 5.56 Å². The molecule has 5 rings (SSSR count). The third kappa shape index (κ3) is 3.71. The number of nitrogens with zero attached hydrogens (tertiary/aromatic N) is 6. The van der Waals surface area contributed by atoms with Crippen molar-refractivity contribution < 1.29 is 13.2 Å². The predicted octanol–water partition coefficient (Wildman–Crippen LogP) is 3.74. The van der Waals surface area contributed by atoms with Crippen molar-refractivity contribution in [2.45, 2.75) is 33.0 Å². The summed E-state index contributed by atoms with van der Waals surface area (Å²) in [6, 6.07) is 4.29. The highest BCUT2D eigenvalue weighted by Gasteiger charge is 2.31. The molecule has 5 heterocycles. The molecule has 4 aromatic rings. The molecule has 1 aliphatic rings. The van der Waals surface area contributed by atoms with E-state index in [1.165, 1.54) is 23.0 Å². The van der Waals surface area contributed by atoms with Gasteiger partial charge in [-0.3, -0.25) is 14.8 Å². The van der Waals surface area contributed by atoms with Crippen LogP contribution in [0.3, 0.4) is 0 Å². The monoisotopic (exact) mass is 452 g/mol. The third-order valence-corrected chi connectivity index (χ3v) is 5.99. The molecule has 0 spiro atoms. The lowest BCUT2D eigenvalue weighted by molar-refractivity contribution is -0.137. The van der Waals surface area contributed by atoms with Gasteiger partial charge >= 0.3 is 6.18 Å². The van der Waals surface area contributed by atoms with Crippen LogP contribution in [0.5, 0.6) is 0 Å². The van der Waals surface area contributed by atoms with Gasteiger partial charge in [0.1, 0.15) is 0 Å². The minimum atomic E-state index is -4.47. The Morgan fingerprint density at radius 1 is 1.00 bits per heavy atom. The van der Waals surface area contributed by atoms with Gasteiger partial charge in [0.15, 0.2) is 11.5 Å². The fourth-order valence-electron chi connectivity index (χ4n) is 4.08. The van der Waals surface area contributed by atoms with Crippen LogP contribution < -0.4 is 10.5 Å². The molecule has 0 bridgehead atoms. The summed E-state index contributed by atoms with van der Waals surface area (Å²) in [6.45, 7) is 4.96. The zero-order valence-corrected chi connectivity index (χ0v) is 17.9. The van der Waals surface area contributed by atoms with E-state index in [1.54, 1.807) is 6.20 Å². The van der Waals surface area contributed by atoms with Crippen LogP contribution in [0.15, 0.2) is 47.8 Å². The maximum Gasteiger partial charge on any atom is 0.417 e. The number of pyridine rings is 2. The van der Waals surface area contributed by atoms with E-state index < -0.39 is 11.7 Å². The lowest BCUT2D eigenvalue weighted by Gasteiger charge is -2.31. The largest absolute Gasteiger partial charge is 0.417 e. The first kappa shape index (κ1) is 21.0. The Kier molecular flexibility index (Phi) is 4.88. The topological polar surface area (TPSA) is 76.3 Å². The molecule has 0 unspecified atom stereocenters. The average Bonchev–Trinajstić information content (AvgIpc) is 2.80. The van der Waals surface area contributed by atoms with Crippen molar-refractivity contribution in [2.75, 3.05) is 11.4 Å². The van der Waals surface area contributed by atoms with Crippen molar-refractivity contribution in [1.82, 2.24) is 24.6 Å². The summed E-state index contributed by atoms with van der Waals surface area (Å²) >= 11 is 0. The number of rotatable bonds is 2. The van der Waals surface area contributed by atoms with Crippen molar-refractivity contribution in [3.05, 3.63) is 81.3 Å². The number of hydrogen-bond donors (Lipinski definition) is 0. The summed E-state index contributed by atoms with van der Waals surface area (Å²) in [6.07, 6.45) is 1.45. The zero-order chi connectivity index (χ0) is 23.3. The van der Waals surface area contributed by atoms with Crippen LogP contribution in [0.4, 0.5) is 19.0 Å². The summed E-state index contributed by atoms with van der Waals surface area (Å²) in [5.74, 6) is 0.673. The van der Waals surface area contributed by atoms with E-state index in [9.17, 15) is 18.0 Å². The molecule has 0 amide bonds. The molecule has 0 saturated carbocycles. The molecule has 0 N–H and O–H groups in total. The standard InChI is InChI=1S/C23H19F3N6O/c1-13-14(2)22(30-32-20(33)3-5-28-21(13)32)31-6-4-19-17(12-31)7-15(10-29-19)16-8-18(11-27-9-16)23(24,25)26/h3,5,7-11H,4,6,12H2,1-2H3. The molecule has 33 heavy (non-hydrogen) atoms. The third-order valence-electron chi connectivity index (χ3n) is 5.99. The van der Waals surface area contributed by atoms with Crippen LogP contribution in [0.1, 0.15) is 27.9 Å². The van der Waals surface area contributed by atoms with Crippen molar-refractivity contribution in [3.63, 3.8) is 0 Å². The Labute approximate surface area is 186 Å². The second-order valence-electron chi connectivity index (χ2n) is 8.05.